The highest BCUT2D eigenvalue weighted by atomic mass is 16.1. The minimum Gasteiger partial charge on any atom is -0.366 e. The maximum atomic E-state index is 11.1. The summed E-state index contributed by atoms with van der Waals surface area (Å²) in [7, 11) is 0. The van der Waals surface area contributed by atoms with Crippen LogP contribution in [0.1, 0.15) is 34.2 Å². The Hall–Kier alpha value is -2.21. The van der Waals surface area contributed by atoms with E-state index in [1.54, 1.807) is 12.4 Å². The lowest BCUT2D eigenvalue weighted by molar-refractivity contribution is 0.1000. The van der Waals surface area contributed by atoms with E-state index in [-0.39, 0.29) is 0 Å². The number of nitrogens with one attached hydrogen (secondary N) is 1. The zero-order valence-corrected chi connectivity index (χ0v) is 11.8. The number of primary amides is 1. The molecule has 20 heavy (non-hydrogen) atoms. The quantitative estimate of drug-likeness (QED) is 0.822. The number of carbonyl (C=O) groups is 1. The summed E-state index contributed by atoms with van der Waals surface area (Å²) in [5.74, 6) is 0.516. The number of amides is 1. The van der Waals surface area contributed by atoms with Gasteiger partial charge in [0.2, 0.25) is 5.91 Å². The van der Waals surface area contributed by atoms with Crippen molar-refractivity contribution >= 4 is 5.91 Å². The summed E-state index contributed by atoms with van der Waals surface area (Å²) in [5.41, 5.74) is 7.98. The van der Waals surface area contributed by atoms with Crippen LogP contribution < -0.4 is 11.1 Å². The molecule has 0 radical (unpaired) electrons. The Kier molecular flexibility index (Phi) is 4.47. The van der Waals surface area contributed by atoms with Gasteiger partial charge in [-0.05, 0) is 37.1 Å². The first-order valence-corrected chi connectivity index (χ1v) is 6.58. The molecule has 1 aromatic carbocycles. The van der Waals surface area contributed by atoms with E-state index in [9.17, 15) is 4.79 Å². The van der Waals surface area contributed by atoms with E-state index in [1.165, 1.54) is 0 Å². The third-order valence-electron chi connectivity index (χ3n) is 3.26. The van der Waals surface area contributed by atoms with Gasteiger partial charge in [0.05, 0.1) is 6.54 Å². The normalized spacial score (nSPS) is 10.7. The van der Waals surface area contributed by atoms with Gasteiger partial charge < -0.3 is 15.6 Å². The number of hydrogen-bond acceptors (Lipinski definition) is 4. The Bertz CT molecular complexity index is 605. The molecule has 0 atom stereocenters. The van der Waals surface area contributed by atoms with Crippen molar-refractivity contribution < 1.29 is 4.79 Å². The van der Waals surface area contributed by atoms with Crippen molar-refractivity contribution in [3.05, 3.63) is 47.0 Å². The highest BCUT2D eigenvalue weighted by Crippen LogP contribution is 2.11. The second kappa shape index (κ2) is 6.29. The van der Waals surface area contributed by atoms with Gasteiger partial charge in [0, 0.05) is 18.7 Å². The Morgan fingerprint density at radius 3 is 2.85 bits per heavy atom. The van der Waals surface area contributed by atoms with E-state index in [0.717, 1.165) is 23.5 Å². The molecule has 0 aliphatic rings. The van der Waals surface area contributed by atoms with Crippen molar-refractivity contribution in [3.8, 4) is 0 Å². The number of rotatable bonds is 6. The lowest BCUT2D eigenvalue weighted by Gasteiger charge is -2.09. The third-order valence-corrected chi connectivity index (χ3v) is 3.26. The number of aryl methyl sites for hydroxylation is 2. The van der Waals surface area contributed by atoms with Crippen molar-refractivity contribution in [1.29, 1.82) is 0 Å². The van der Waals surface area contributed by atoms with Crippen molar-refractivity contribution in [3.63, 3.8) is 0 Å². The molecule has 106 valence electrons. The largest absolute Gasteiger partial charge is 0.366 e. The molecule has 0 unspecified atom stereocenters. The van der Waals surface area contributed by atoms with Crippen LogP contribution in [0.15, 0.2) is 24.5 Å². The Balaban J connectivity index is 1.96. The Labute approximate surface area is 118 Å². The number of benzene rings is 1. The third kappa shape index (κ3) is 3.21. The molecule has 0 saturated carbocycles. The van der Waals surface area contributed by atoms with Gasteiger partial charge in [-0.3, -0.25) is 4.79 Å². The maximum Gasteiger partial charge on any atom is 0.248 e. The lowest BCUT2D eigenvalue weighted by Crippen LogP contribution is -2.17. The lowest BCUT2D eigenvalue weighted by atomic mass is 10.0. The number of hydrogen-bond donors (Lipinski definition) is 2. The summed E-state index contributed by atoms with van der Waals surface area (Å²) in [6, 6.07) is 5.49. The van der Waals surface area contributed by atoms with Crippen LogP contribution in [0.4, 0.5) is 0 Å². The van der Waals surface area contributed by atoms with Crippen LogP contribution in [-0.4, -0.2) is 20.7 Å². The average Bonchev–Trinajstić information content (AvgIpc) is 2.87. The predicted molar refractivity (Wildman–Crippen MR) is 75.9 cm³/mol. The van der Waals surface area contributed by atoms with Crippen molar-refractivity contribution in [2.24, 2.45) is 5.73 Å². The van der Waals surface area contributed by atoms with Crippen molar-refractivity contribution in [2.45, 2.75) is 33.5 Å². The standard InChI is InChI=1S/C14H19N5O/c1-3-19-9-17-18-13(19)8-16-7-12-5-4-11(14(15)20)6-10(12)2/h4-6,9,16H,3,7-8H2,1-2H3,(H2,15,20). The van der Waals surface area contributed by atoms with Crippen LogP contribution in [0.3, 0.4) is 0 Å². The molecule has 0 fully saturated rings. The molecule has 0 saturated heterocycles. The summed E-state index contributed by atoms with van der Waals surface area (Å²) >= 11 is 0. The molecule has 6 nitrogen and oxygen atoms in total. The summed E-state index contributed by atoms with van der Waals surface area (Å²) < 4.78 is 2.00. The van der Waals surface area contributed by atoms with Crippen LogP contribution >= 0.6 is 0 Å². The topological polar surface area (TPSA) is 85.8 Å². The van der Waals surface area contributed by atoms with E-state index in [2.05, 4.69) is 22.4 Å². The molecule has 1 heterocycles. The molecular formula is C14H19N5O. The Morgan fingerprint density at radius 1 is 1.40 bits per heavy atom. The van der Waals surface area contributed by atoms with E-state index in [4.69, 9.17) is 5.73 Å². The number of nitrogens with two attached hydrogens (primary N) is 1. The monoisotopic (exact) mass is 273 g/mol. The fraction of sp³-hybridized carbons (Fsp3) is 0.357. The summed E-state index contributed by atoms with van der Waals surface area (Å²) in [5, 5.41) is 11.3. The highest BCUT2D eigenvalue weighted by molar-refractivity contribution is 5.93. The minimum atomic E-state index is -0.399. The zero-order valence-electron chi connectivity index (χ0n) is 11.8. The zero-order chi connectivity index (χ0) is 14.5. The second-order valence-electron chi connectivity index (χ2n) is 4.64. The van der Waals surface area contributed by atoms with Gasteiger partial charge in [0.25, 0.3) is 0 Å². The predicted octanol–water partition coefficient (Wildman–Crippen LogP) is 0.995. The molecule has 2 rings (SSSR count). The van der Waals surface area contributed by atoms with E-state index in [0.29, 0.717) is 18.7 Å². The molecule has 0 spiro atoms. The highest BCUT2D eigenvalue weighted by Gasteiger charge is 2.05. The second-order valence-corrected chi connectivity index (χ2v) is 4.64. The van der Waals surface area contributed by atoms with Crippen LogP contribution in [-0.2, 0) is 19.6 Å². The first kappa shape index (κ1) is 14.2. The van der Waals surface area contributed by atoms with Gasteiger partial charge in [-0.1, -0.05) is 6.07 Å². The van der Waals surface area contributed by atoms with Gasteiger partial charge >= 0.3 is 0 Å². The summed E-state index contributed by atoms with van der Waals surface area (Å²) in [6.07, 6.45) is 1.73. The molecule has 0 aliphatic carbocycles. The fourth-order valence-corrected chi connectivity index (χ4v) is 2.04. The first-order valence-electron chi connectivity index (χ1n) is 6.58. The van der Waals surface area contributed by atoms with Crippen LogP contribution in [0, 0.1) is 6.92 Å². The summed E-state index contributed by atoms with van der Waals surface area (Å²) in [4.78, 5) is 11.1. The van der Waals surface area contributed by atoms with Gasteiger partial charge in [-0.15, -0.1) is 10.2 Å². The van der Waals surface area contributed by atoms with Gasteiger partial charge in [-0.25, -0.2) is 0 Å². The number of nitrogens with zero attached hydrogens (tertiary/aromatic N) is 3. The van der Waals surface area contributed by atoms with Crippen LogP contribution in [0.25, 0.3) is 0 Å². The molecule has 2 aromatic rings. The fourth-order valence-electron chi connectivity index (χ4n) is 2.04. The molecule has 6 heteroatoms. The van der Waals surface area contributed by atoms with Gasteiger partial charge in [-0.2, -0.15) is 0 Å². The van der Waals surface area contributed by atoms with Crippen LogP contribution in [0.2, 0.25) is 0 Å². The Morgan fingerprint density at radius 2 is 2.20 bits per heavy atom. The van der Waals surface area contributed by atoms with Gasteiger partial charge in [0.15, 0.2) is 0 Å². The molecule has 1 aromatic heterocycles. The SMILES string of the molecule is CCn1cnnc1CNCc1ccc(C(N)=O)cc1C. The minimum absolute atomic E-state index is 0.399. The number of aromatic nitrogens is 3. The molecular weight excluding hydrogens is 254 g/mol. The smallest absolute Gasteiger partial charge is 0.248 e. The van der Waals surface area contributed by atoms with E-state index in [1.807, 2.05) is 23.6 Å². The average molecular weight is 273 g/mol. The van der Waals surface area contributed by atoms with E-state index < -0.39 is 5.91 Å². The molecule has 1 amide bonds. The molecule has 3 N–H and O–H groups in total. The van der Waals surface area contributed by atoms with Crippen LogP contribution in [0.5, 0.6) is 0 Å². The molecule has 0 bridgehead atoms. The molecule has 0 aliphatic heterocycles. The van der Waals surface area contributed by atoms with Crippen molar-refractivity contribution in [1.82, 2.24) is 20.1 Å². The van der Waals surface area contributed by atoms with Gasteiger partial charge in [0.1, 0.15) is 12.2 Å². The maximum absolute atomic E-state index is 11.1. The summed E-state index contributed by atoms with van der Waals surface area (Å²) in [6.45, 7) is 6.25. The van der Waals surface area contributed by atoms with Crippen molar-refractivity contribution in [2.75, 3.05) is 0 Å². The number of carbonyl (C=O) groups excluding carboxylic acids is 1. The first-order chi connectivity index (χ1) is 9.61. The van der Waals surface area contributed by atoms with E-state index >= 15 is 0 Å².